The molecule has 48 heavy (non-hydrogen) atoms. The Bertz CT molecular complexity index is 1630. The minimum absolute atomic E-state index is 0.0758. The molecule has 0 aromatic heterocycles. The van der Waals surface area contributed by atoms with Crippen LogP contribution in [0.5, 0.6) is 5.75 Å². The minimum Gasteiger partial charge on any atom is -0.489 e. The molecule has 0 fully saturated rings. The van der Waals surface area contributed by atoms with E-state index in [9.17, 15) is 14.7 Å². The first-order chi connectivity index (χ1) is 23.0. The van der Waals surface area contributed by atoms with Crippen molar-refractivity contribution in [3.63, 3.8) is 0 Å². The summed E-state index contributed by atoms with van der Waals surface area (Å²) in [6, 6.07) is 31.6. The summed E-state index contributed by atoms with van der Waals surface area (Å²) in [4.78, 5) is 26.0. The number of nitrogens with one attached hydrogen (secondary N) is 2. The monoisotopic (exact) mass is 649 g/mol. The van der Waals surface area contributed by atoms with Gasteiger partial charge in [-0.1, -0.05) is 120 Å². The second-order valence-corrected chi connectivity index (χ2v) is 12.5. The second kappa shape index (κ2) is 18.4. The fourth-order valence-electron chi connectivity index (χ4n) is 5.29. The van der Waals surface area contributed by atoms with Crippen LogP contribution in [0.15, 0.2) is 97.1 Å². The molecule has 0 saturated carbocycles. The summed E-state index contributed by atoms with van der Waals surface area (Å²) in [6.07, 6.45) is 1.80. The Kier molecular flexibility index (Phi) is 14.4. The maximum Gasteiger partial charge on any atom is 0.323 e. The Morgan fingerprint density at radius 2 is 1.50 bits per heavy atom. The normalized spacial score (nSPS) is 10.8. The third-order valence-corrected chi connectivity index (χ3v) is 7.93. The highest BCUT2D eigenvalue weighted by molar-refractivity contribution is 5.95. The lowest BCUT2D eigenvalue weighted by atomic mass is 9.87. The molecule has 0 atom stereocenters. The lowest BCUT2D eigenvalue weighted by Crippen LogP contribution is -2.43. The van der Waals surface area contributed by atoms with Gasteiger partial charge in [-0.25, -0.2) is 4.79 Å². The van der Waals surface area contributed by atoms with Crippen molar-refractivity contribution in [2.24, 2.45) is 0 Å². The molecular weight excluding hydrogens is 598 g/mol. The molecule has 0 spiro atoms. The molecular formula is C41H51N3O4. The van der Waals surface area contributed by atoms with Gasteiger partial charge in [0.1, 0.15) is 18.2 Å². The summed E-state index contributed by atoms with van der Waals surface area (Å²) in [5.41, 5.74) is 6.99. The van der Waals surface area contributed by atoms with E-state index in [1.165, 1.54) is 10.5 Å². The number of amidine groups is 1. The minimum atomic E-state index is -0.914. The molecule has 0 saturated heterocycles. The Hall–Kier alpha value is -4.91. The highest BCUT2D eigenvalue weighted by Gasteiger charge is 2.17. The Morgan fingerprint density at radius 3 is 2.15 bits per heavy atom. The van der Waals surface area contributed by atoms with Crippen molar-refractivity contribution in [1.82, 2.24) is 10.2 Å². The summed E-state index contributed by atoms with van der Waals surface area (Å²) in [5.74, 6) is -0.0567. The highest BCUT2D eigenvalue weighted by Crippen LogP contribution is 2.29. The molecule has 3 N–H and O–H groups in total. The first-order valence-electron chi connectivity index (χ1n) is 16.9. The van der Waals surface area contributed by atoms with Gasteiger partial charge in [0.15, 0.2) is 0 Å². The smallest absolute Gasteiger partial charge is 0.323 e. The van der Waals surface area contributed by atoms with E-state index in [0.29, 0.717) is 43.3 Å². The number of aliphatic carboxylic acids is 1. The Labute approximate surface area is 286 Å². The van der Waals surface area contributed by atoms with Crippen molar-refractivity contribution >= 4 is 17.8 Å². The van der Waals surface area contributed by atoms with Crippen LogP contribution in [0.2, 0.25) is 0 Å². The number of urea groups is 1. The summed E-state index contributed by atoms with van der Waals surface area (Å²) in [6.45, 7) is 13.6. The van der Waals surface area contributed by atoms with Gasteiger partial charge >= 0.3 is 12.0 Å². The van der Waals surface area contributed by atoms with Gasteiger partial charge in [-0.2, -0.15) is 0 Å². The van der Waals surface area contributed by atoms with Gasteiger partial charge in [-0.05, 0) is 70.7 Å². The molecule has 7 nitrogen and oxygen atoms in total. The fraction of sp³-hybridized carbons (Fsp3) is 0.341. The van der Waals surface area contributed by atoms with Crippen molar-refractivity contribution in [1.29, 1.82) is 5.41 Å². The number of benzene rings is 4. The number of aryl methyl sites for hydroxylation is 1. The van der Waals surface area contributed by atoms with Gasteiger partial charge < -0.3 is 15.2 Å². The first-order valence-corrected chi connectivity index (χ1v) is 16.9. The molecule has 0 aliphatic rings. The molecule has 0 radical (unpaired) electrons. The van der Waals surface area contributed by atoms with Gasteiger partial charge in [0.25, 0.3) is 0 Å². The maximum absolute atomic E-state index is 12.9. The Morgan fingerprint density at radius 1 is 0.833 bits per heavy atom. The number of rotatable bonds is 13. The fourth-order valence-corrected chi connectivity index (χ4v) is 5.29. The number of carbonyl (C=O) groups excluding carboxylic acids is 1. The average molecular weight is 650 g/mol. The molecule has 0 unspecified atom stereocenters. The van der Waals surface area contributed by atoms with Crippen LogP contribution < -0.4 is 10.1 Å². The van der Waals surface area contributed by atoms with Crippen LogP contribution in [0.4, 0.5) is 4.79 Å². The van der Waals surface area contributed by atoms with Crippen molar-refractivity contribution in [2.45, 2.75) is 85.8 Å². The highest BCUT2D eigenvalue weighted by atomic mass is 16.5. The van der Waals surface area contributed by atoms with Crippen LogP contribution in [0.1, 0.15) is 82.2 Å². The summed E-state index contributed by atoms with van der Waals surface area (Å²) >= 11 is 0. The second-order valence-electron chi connectivity index (χ2n) is 12.5. The SMILES string of the molecule is CC.CCN(C(=N)CCCc1cccc(-c2ccc(OCc3ccccc3)c(CC(=O)O)c2)c1)C(=O)NCc1ccc(C(C)(C)C)cc1. The van der Waals surface area contributed by atoms with Crippen molar-refractivity contribution < 1.29 is 19.4 Å². The number of hydrogen-bond donors (Lipinski definition) is 3. The van der Waals surface area contributed by atoms with Crippen molar-refractivity contribution in [3.8, 4) is 16.9 Å². The average Bonchev–Trinajstić information content (AvgIpc) is 3.08. The predicted molar refractivity (Wildman–Crippen MR) is 196 cm³/mol. The topological polar surface area (TPSA) is 103 Å². The number of carbonyl (C=O) groups is 2. The van der Waals surface area contributed by atoms with Crippen LogP contribution in [0, 0.1) is 5.41 Å². The molecule has 254 valence electrons. The number of hydrogen-bond acceptors (Lipinski definition) is 4. The molecule has 4 aromatic carbocycles. The van der Waals surface area contributed by atoms with E-state index in [2.05, 4.69) is 50.4 Å². The zero-order valence-electron chi connectivity index (χ0n) is 29.3. The van der Waals surface area contributed by atoms with Crippen LogP contribution in [0.25, 0.3) is 11.1 Å². The van der Waals surface area contributed by atoms with E-state index >= 15 is 0 Å². The van der Waals surface area contributed by atoms with Crippen LogP contribution in [0.3, 0.4) is 0 Å². The van der Waals surface area contributed by atoms with Gasteiger partial charge in [0, 0.05) is 25.1 Å². The van der Waals surface area contributed by atoms with E-state index in [4.69, 9.17) is 10.1 Å². The van der Waals surface area contributed by atoms with Crippen molar-refractivity contribution in [2.75, 3.05) is 6.54 Å². The zero-order chi connectivity index (χ0) is 35.1. The standard InChI is InChI=1S/C39H45N3O4.C2H6/c1-5-42(38(45)41-26-29-17-20-34(21-18-29)39(2,3)4)36(40)16-10-14-28-13-9-15-31(23-28)32-19-22-35(33(24-32)25-37(43)44)46-27-30-11-7-6-8-12-30;1-2/h6-9,11-13,15,17-24,40H,5,10,14,16,25-27H2,1-4H3,(H,41,45)(H,43,44);1-2H3. The molecule has 4 rings (SSSR count). The predicted octanol–water partition coefficient (Wildman–Crippen LogP) is 9.42. The van der Waals surface area contributed by atoms with Crippen LogP contribution in [-0.4, -0.2) is 34.4 Å². The summed E-state index contributed by atoms with van der Waals surface area (Å²) in [5, 5.41) is 21.1. The van der Waals surface area contributed by atoms with E-state index in [-0.39, 0.29) is 17.9 Å². The van der Waals surface area contributed by atoms with E-state index in [0.717, 1.165) is 40.7 Å². The van der Waals surface area contributed by atoms with Crippen LogP contribution >= 0.6 is 0 Å². The number of ether oxygens (including phenoxy) is 1. The number of nitrogens with zero attached hydrogens (tertiary/aromatic N) is 1. The summed E-state index contributed by atoms with van der Waals surface area (Å²) < 4.78 is 6.00. The molecule has 0 bridgehead atoms. The van der Waals surface area contributed by atoms with E-state index in [1.54, 1.807) is 0 Å². The zero-order valence-corrected chi connectivity index (χ0v) is 29.3. The largest absolute Gasteiger partial charge is 0.489 e. The lowest BCUT2D eigenvalue weighted by Gasteiger charge is -2.22. The summed E-state index contributed by atoms with van der Waals surface area (Å²) in [7, 11) is 0. The van der Waals surface area contributed by atoms with Crippen molar-refractivity contribution in [3.05, 3.63) is 125 Å². The molecule has 4 aromatic rings. The van der Waals surface area contributed by atoms with Gasteiger partial charge in [0.2, 0.25) is 0 Å². The van der Waals surface area contributed by atoms with Crippen LogP contribution in [-0.2, 0) is 36.2 Å². The third-order valence-electron chi connectivity index (χ3n) is 7.93. The molecule has 0 aliphatic heterocycles. The molecule has 2 amide bonds. The third kappa shape index (κ3) is 11.4. The van der Waals surface area contributed by atoms with E-state index < -0.39 is 5.97 Å². The first kappa shape index (κ1) is 37.5. The van der Waals surface area contributed by atoms with E-state index in [1.807, 2.05) is 93.6 Å². The maximum atomic E-state index is 12.9. The number of amides is 2. The molecule has 0 aliphatic carbocycles. The quantitative estimate of drug-likeness (QED) is 0.0992. The molecule has 7 heteroatoms. The Balaban J connectivity index is 0.00000307. The van der Waals surface area contributed by atoms with Gasteiger partial charge in [-0.15, -0.1) is 0 Å². The number of carboxylic acid groups (broad SMARTS) is 1. The van der Waals surface area contributed by atoms with Gasteiger partial charge in [-0.3, -0.25) is 15.1 Å². The van der Waals surface area contributed by atoms with Gasteiger partial charge in [0.05, 0.1) is 6.42 Å². The molecule has 0 heterocycles. The lowest BCUT2D eigenvalue weighted by molar-refractivity contribution is -0.136. The number of carboxylic acids is 1.